The minimum Gasteiger partial charge on any atom is -0.320 e. The zero-order chi connectivity index (χ0) is 16.3. The first-order valence-electron chi connectivity index (χ1n) is 8.47. The Kier molecular flexibility index (Phi) is 5.23. The van der Waals surface area contributed by atoms with Crippen LogP contribution in [0.5, 0.6) is 0 Å². The molecule has 0 saturated heterocycles. The lowest BCUT2D eigenvalue weighted by atomic mass is 9.70. The SMILES string of the molecule is CCc1cc(C)nc2ccc(C(C)(CCNC)C(C)C)cc12. The maximum Gasteiger partial charge on any atom is 0.0708 e. The molecule has 1 unspecified atom stereocenters. The van der Waals surface area contributed by atoms with Gasteiger partial charge in [-0.05, 0) is 74.0 Å². The fourth-order valence-corrected chi connectivity index (χ4v) is 3.24. The molecule has 2 nitrogen and oxygen atoms in total. The normalized spacial score (nSPS) is 14.5. The number of benzene rings is 1. The van der Waals surface area contributed by atoms with Crippen molar-refractivity contribution in [1.82, 2.24) is 10.3 Å². The minimum atomic E-state index is 0.188. The topological polar surface area (TPSA) is 24.9 Å². The van der Waals surface area contributed by atoms with Crippen LogP contribution in [0.15, 0.2) is 24.3 Å². The molecule has 22 heavy (non-hydrogen) atoms. The number of aryl methyl sites for hydroxylation is 2. The van der Waals surface area contributed by atoms with Crippen molar-refractivity contribution in [3.8, 4) is 0 Å². The Bertz CT molecular complexity index is 645. The monoisotopic (exact) mass is 298 g/mol. The molecule has 0 bridgehead atoms. The van der Waals surface area contributed by atoms with Crippen molar-refractivity contribution in [3.05, 3.63) is 41.1 Å². The number of rotatable bonds is 6. The van der Waals surface area contributed by atoms with Gasteiger partial charge in [-0.25, -0.2) is 0 Å². The average molecular weight is 298 g/mol. The Balaban J connectivity index is 2.57. The molecule has 1 aromatic heterocycles. The van der Waals surface area contributed by atoms with Gasteiger partial charge in [0, 0.05) is 11.1 Å². The Hall–Kier alpha value is -1.41. The van der Waals surface area contributed by atoms with Gasteiger partial charge in [0.1, 0.15) is 0 Å². The molecular weight excluding hydrogens is 268 g/mol. The minimum absolute atomic E-state index is 0.188. The predicted octanol–water partition coefficient (Wildman–Crippen LogP) is 4.63. The van der Waals surface area contributed by atoms with Crippen LogP contribution in [0.1, 0.15) is 50.9 Å². The molecule has 0 amide bonds. The number of aromatic nitrogens is 1. The molecule has 0 radical (unpaired) electrons. The molecule has 1 heterocycles. The van der Waals surface area contributed by atoms with Gasteiger partial charge in [-0.3, -0.25) is 4.98 Å². The first kappa shape index (κ1) is 17.0. The number of nitrogens with zero attached hydrogens (tertiary/aromatic N) is 1. The number of fused-ring (bicyclic) bond motifs is 1. The van der Waals surface area contributed by atoms with Crippen LogP contribution in [0.4, 0.5) is 0 Å². The maximum atomic E-state index is 4.70. The van der Waals surface area contributed by atoms with Crippen LogP contribution >= 0.6 is 0 Å². The average Bonchev–Trinajstić information content (AvgIpc) is 2.50. The van der Waals surface area contributed by atoms with Crippen LogP contribution in [0.25, 0.3) is 10.9 Å². The van der Waals surface area contributed by atoms with Crippen LogP contribution in [0.3, 0.4) is 0 Å². The molecule has 120 valence electrons. The molecule has 2 rings (SSSR count). The van der Waals surface area contributed by atoms with Gasteiger partial charge in [0.15, 0.2) is 0 Å². The Morgan fingerprint density at radius 1 is 1.23 bits per heavy atom. The fraction of sp³-hybridized carbons (Fsp3) is 0.550. The molecule has 0 aliphatic carbocycles. The highest BCUT2D eigenvalue weighted by Crippen LogP contribution is 2.37. The predicted molar refractivity (Wildman–Crippen MR) is 96.6 cm³/mol. The van der Waals surface area contributed by atoms with E-state index in [0.29, 0.717) is 5.92 Å². The third-order valence-electron chi connectivity index (χ3n) is 5.23. The summed E-state index contributed by atoms with van der Waals surface area (Å²) >= 11 is 0. The molecule has 2 heteroatoms. The smallest absolute Gasteiger partial charge is 0.0708 e. The summed E-state index contributed by atoms with van der Waals surface area (Å²) in [5, 5.41) is 4.62. The Morgan fingerprint density at radius 3 is 2.55 bits per heavy atom. The lowest BCUT2D eigenvalue weighted by molar-refractivity contribution is 0.312. The molecule has 0 aliphatic heterocycles. The summed E-state index contributed by atoms with van der Waals surface area (Å²) in [7, 11) is 2.03. The number of hydrogen-bond donors (Lipinski definition) is 1. The second-order valence-corrected chi connectivity index (χ2v) is 6.93. The van der Waals surface area contributed by atoms with E-state index in [1.54, 1.807) is 0 Å². The van der Waals surface area contributed by atoms with Gasteiger partial charge < -0.3 is 5.32 Å². The zero-order valence-electron chi connectivity index (χ0n) is 15.0. The summed E-state index contributed by atoms with van der Waals surface area (Å²) in [5.74, 6) is 0.599. The van der Waals surface area contributed by atoms with E-state index in [4.69, 9.17) is 4.98 Å². The van der Waals surface area contributed by atoms with Crippen molar-refractivity contribution in [3.63, 3.8) is 0 Å². The van der Waals surface area contributed by atoms with Crippen molar-refractivity contribution in [2.24, 2.45) is 5.92 Å². The summed E-state index contributed by atoms with van der Waals surface area (Å²) < 4.78 is 0. The standard InChI is InChI=1S/C20H30N2/c1-7-16-12-15(4)22-19-9-8-17(13-18(16)19)20(5,14(2)3)10-11-21-6/h8-9,12-14,21H,7,10-11H2,1-6H3. The molecule has 1 aromatic carbocycles. The van der Waals surface area contributed by atoms with Crippen molar-refractivity contribution >= 4 is 10.9 Å². The van der Waals surface area contributed by atoms with Gasteiger partial charge in [-0.2, -0.15) is 0 Å². The van der Waals surface area contributed by atoms with E-state index in [1.165, 1.54) is 16.5 Å². The summed E-state index contributed by atoms with van der Waals surface area (Å²) in [6, 6.07) is 9.10. The van der Waals surface area contributed by atoms with Gasteiger partial charge in [0.2, 0.25) is 0 Å². The summed E-state index contributed by atoms with van der Waals surface area (Å²) in [4.78, 5) is 4.70. The highest BCUT2D eigenvalue weighted by molar-refractivity contribution is 5.83. The van der Waals surface area contributed by atoms with E-state index in [-0.39, 0.29) is 5.41 Å². The molecule has 1 N–H and O–H groups in total. The third kappa shape index (κ3) is 3.17. The largest absolute Gasteiger partial charge is 0.320 e. The fourth-order valence-electron chi connectivity index (χ4n) is 3.24. The van der Waals surface area contributed by atoms with Gasteiger partial charge in [-0.15, -0.1) is 0 Å². The number of pyridine rings is 1. The highest BCUT2D eigenvalue weighted by atomic mass is 14.8. The van der Waals surface area contributed by atoms with Crippen LogP contribution < -0.4 is 5.32 Å². The maximum absolute atomic E-state index is 4.70. The van der Waals surface area contributed by atoms with E-state index in [9.17, 15) is 0 Å². The molecule has 0 fully saturated rings. The van der Waals surface area contributed by atoms with Gasteiger partial charge in [-0.1, -0.05) is 33.8 Å². The lowest BCUT2D eigenvalue weighted by Gasteiger charge is -2.35. The van der Waals surface area contributed by atoms with Crippen molar-refractivity contribution in [2.75, 3.05) is 13.6 Å². The molecular formula is C20H30N2. The van der Waals surface area contributed by atoms with E-state index in [0.717, 1.165) is 30.6 Å². The molecule has 0 aliphatic rings. The van der Waals surface area contributed by atoms with Gasteiger partial charge >= 0.3 is 0 Å². The summed E-state index contributed by atoms with van der Waals surface area (Å²) in [5.41, 5.74) is 5.27. The first-order valence-corrected chi connectivity index (χ1v) is 8.47. The van der Waals surface area contributed by atoms with E-state index in [2.05, 4.69) is 64.2 Å². The summed E-state index contributed by atoms with van der Waals surface area (Å²) in [6.45, 7) is 12.4. The number of nitrogens with one attached hydrogen (secondary N) is 1. The second kappa shape index (κ2) is 6.78. The van der Waals surface area contributed by atoms with E-state index >= 15 is 0 Å². The van der Waals surface area contributed by atoms with Crippen LogP contribution in [-0.2, 0) is 11.8 Å². The molecule has 1 atom stereocenters. The molecule has 2 aromatic rings. The highest BCUT2D eigenvalue weighted by Gasteiger charge is 2.30. The van der Waals surface area contributed by atoms with Gasteiger partial charge in [0.25, 0.3) is 0 Å². The van der Waals surface area contributed by atoms with Crippen molar-refractivity contribution < 1.29 is 0 Å². The van der Waals surface area contributed by atoms with Crippen molar-refractivity contribution in [2.45, 2.75) is 52.9 Å². The molecule has 0 saturated carbocycles. The van der Waals surface area contributed by atoms with Gasteiger partial charge in [0.05, 0.1) is 5.52 Å². The Labute approximate surface area is 135 Å². The van der Waals surface area contributed by atoms with E-state index in [1.807, 2.05) is 7.05 Å². The second-order valence-electron chi connectivity index (χ2n) is 6.93. The van der Waals surface area contributed by atoms with Crippen molar-refractivity contribution in [1.29, 1.82) is 0 Å². The first-order chi connectivity index (χ1) is 10.4. The van der Waals surface area contributed by atoms with E-state index < -0.39 is 0 Å². The van der Waals surface area contributed by atoms with Crippen LogP contribution in [0.2, 0.25) is 0 Å². The van der Waals surface area contributed by atoms with Crippen LogP contribution in [0, 0.1) is 12.8 Å². The lowest BCUT2D eigenvalue weighted by Crippen LogP contribution is -2.32. The van der Waals surface area contributed by atoms with Crippen LogP contribution in [-0.4, -0.2) is 18.6 Å². The zero-order valence-corrected chi connectivity index (χ0v) is 15.0. The third-order valence-corrected chi connectivity index (χ3v) is 5.23. The summed E-state index contributed by atoms with van der Waals surface area (Å²) in [6.07, 6.45) is 2.20. The quantitative estimate of drug-likeness (QED) is 0.841. The Morgan fingerprint density at radius 2 is 1.95 bits per heavy atom. The molecule has 0 spiro atoms. The number of hydrogen-bond acceptors (Lipinski definition) is 2.